The smallest absolute Gasteiger partial charge is 0.242 e. The average molecular weight is 333 g/mol. The van der Waals surface area contributed by atoms with Crippen LogP contribution in [0.15, 0.2) is 59.5 Å². The molecule has 0 amide bonds. The van der Waals surface area contributed by atoms with Crippen LogP contribution in [0.25, 0.3) is 0 Å². The number of hydrogen-bond donors (Lipinski definition) is 0. The Morgan fingerprint density at radius 2 is 1.65 bits per heavy atom. The lowest BCUT2D eigenvalue weighted by atomic mass is 10.2. The van der Waals surface area contributed by atoms with Gasteiger partial charge in [0.25, 0.3) is 0 Å². The second-order valence-electron chi connectivity index (χ2n) is 5.07. The van der Waals surface area contributed by atoms with Crippen molar-refractivity contribution in [2.24, 2.45) is 0 Å². The van der Waals surface area contributed by atoms with Crippen molar-refractivity contribution in [1.29, 1.82) is 0 Å². The lowest BCUT2D eigenvalue weighted by Gasteiger charge is -2.17. The van der Waals surface area contributed by atoms with E-state index < -0.39 is 10.0 Å². The summed E-state index contributed by atoms with van der Waals surface area (Å²) < 4.78 is 31.6. The van der Waals surface area contributed by atoms with Crippen molar-refractivity contribution in [1.82, 2.24) is 4.31 Å². The van der Waals surface area contributed by atoms with E-state index in [1.165, 1.54) is 42.5 Å². The highest BCUT2D eigenvalue weighted by atomic mass is 32.2. The summed E-state index contributed by atoms with van der Waals surface area (Å²) in [6.07, 6.45) is 0. The zero-order valence-electron chi connectivity index (χ0n) is 13.1. The fraction of sp³-hybridized carbons (Fsp3) is 0.235. The SMILES string of the molecule is CC(=O)c1ccc(S(=O)(=O)N(C)CCOc2ccccc2)cc1. The van der Waals surface area contributed by atoms with Gasteiger partial charge in [-0.05, 0) is 31.2 Å². The van der Waals surface area contributed by atoms with E-state index >= 15 is 0 Å². The van der Waals surface area contributed by atoms with Crippen LogP contribution in [0.5, 0.6) is 5.75 Å². The summed E-state index contributed by atoms with van der Waals surface area (Å²) in [5, 5.41) is 0. The van der Waals surface area contributed by atoms with E-state index in [4.69, 9.17) is 4.74 Å². The summed E-state index contributed by atoms with van der Waals surface area (Å²) >= 11 is 0. The highest BCUT2D eigenvalue weighted by Crippen LogP contribution is 2.16. The molecule has 0 aliphatic carbocycles. The molecule has 122 valence electrons. The van der Waals surface area contributed by atoms with Gasteiger partial charge in [-0.2, -0.15) is 4.31 Å². The second-order valence-corrected chi connectivity index (χ2v) is 7.11. The number of ether oxygens (including phenoxy) is 1. The van der Waals surface area contributed by atoms with Crippen molar-refractivity contribution >= 4 is 15.8 Å². The van der Waals surface area contributed by atoms with Gasteiger partial charge in [0.1, 0.15) is 12.4 Å². The van der Waals surface area contributed by atoms with Crippen LogP contribution in [0.2, 0.25) is 0 Å². The van der Waals surface area contributed by atoms with Gasteiger partial charge in [0.2, 0.25) is 10.0 Å². The number of ketones is 1. The fourth-order valence-corrected chi connectivity index (χ4v) is 3.13. The maximum Gasteiger partial charge on any atom is 0.242 e. The molecular weight excluding hydrogens is 314 g/mol. The van der Waals surface area contributed by atoms with Crippen molar-refractivity contribution in [3.63, 3.8) is 0 Å². The van der Waals surface area contributed by atoms with Gasteiger partial charge in [0.15, 0.2) is 5.78 Å². The van der Waals surface area contributed by atoms with Crippen LogP contribution < -0.4 is 4.74 Å². The third-order valence-electron chi connectivity index (χ3n) is 3.39. The number of nitrogens with zero attached hydrogens (tertiary/aromatic N) is 1. The first kappa shape index (κ1) is 17.2. The molecular formula is C17H19NO4S. The summed E-state index contributed by atoms with van der Waals surface area (Å²) in [5.74, 6) is 0.600. The Bertz CT molecular complexity index is 755. The number of carbonyl (C=O) groups is 1. The first-order valence-corrected chi connectivity index (χ1v) is 8.60. The monoisotopic (exact) mass is 333 g/mol. The third kappa shape index (κ3) is 4.40. The number of Topliss-reactive ketones (excluding diaryl/α,β-unsaturated/α-hetero) is 1. The average Bonchev–Trinajstić information content (AvgIpc) is 2.55. The second kappa shape index (κ2) is 7.39. The van der Waals surface area contributed by atoms with Crippen LogP contribution in [0.1, 0.15) is 17.3 Å². The summed E-state index contributed by atoms with van der Waals surface area (Å²) in [7, 11) is -2.09. The molecule has 0 aliphatic heterocycles. The minimum absolute atomic E-state index is 0.0986. The number of sulfonamides is 1. The van der Waals surface area contributed by atoms with Gasteiger partial charge in [-0.3, -0.25) is 4.79 Å². The number of carbonyl (C=O) groups excluding carboxylic acids is 1. The minimum atomic E-state index is -3.59. The van der Waals surface area contributed by atoms with E-state index in [9.17, 15) is 13.2 Å². The van der Waals surface area contributed by atoms with E-state index in [0.29, 0.717) is 11.3 Å². The molecule has 0 spiro atoms. The van der Waals surface area contributed by atoms with Crippen molar-refractivity contribution < 1.29 is 17.9 Å². The molecule has 0 N–H and O–H groups in total. The molecule has 0 atom stereocenters. The van der Waals surface area contributed by atoms with Gasteiger partial charge >= 0.3 is 0 Å². The molecule has 0 saturated heterocycles. The van der Waals surface area contributed by atoms with Crippen molar-refractivity contribution in [2.75, 3.05) is 20.2 Å². The number of hydrogen-bond acceptors (Lipinski definition) is 4. The van der Waals surface area contributed by atoms with Gasteiger partial charge in [0, 0.05) is 19.2 Å². The van der Waals surface area contributed by atoms with E-state index in [0.717, 1.165) is 0 Å². The molecule has 0 aromatic heterocycles. The molecule has 6 heteroatoms. The zero-order chi connectivity index (χ0) is 16.9. The summed E-state index contributed by atoms with van der Waals surface area (Å²) in [6, 6.07) is 15.1. The maximum atomic E-state index is 12.4. The molecule has 0 aliphatic rings. The molecule has 2 aromatic carbocycles. The van der Waals surface area contributed by atoms with Crippen molar-refractivity contribution in [3.05, 3.63) is 60.2 Å². The van der Waals surface area contributed by atoms with Gasteiger partial charge in [-0.1, -0.05) is 30.3 Å². The topological polar surface area (TPSA) is 63.7 Å². The van der Waals surface area contributed by atoms with Gasteiger partial charge < -0.3 is 4.74 Å². The van der Waals surface area contributed by atoms with Crippen LogP contribution in [0.3, 0.4) is 0 Å². The Hall–Kier alpha value is -2.18. The first-order valence-electron chi connectivity index (χ1n) is 7.16. The Morgan fingerprint density at radius 1 is 1.04 bits per heavy atom. The van der Waals surface area contributed by atoms with Crippen LogP contribution in [0, 0.1) is 0 Å². The Kier molecular flexibility index (Phi) is 5.52. The Morgan fingerprint density at radius 3 is 2.22 bits per heavy atom. The van der Waals surface area contributed by atoms with E-state index in [1.807, 2.05) is 30.3 Å². The molecule has 23 heavy (non-hydrogen) atoms. The van der Waals surface area contributed by atoms with Gasteiger partial charge in [-0.15, -0.1) is 0 Å². The molecule has 5 nitrogen and oxygen atoms in total. The third-order valence-corrected chi connectivity index (χ3v) is 5.26. The lowest BCUT2D eigenvalue weighted by Crippen LogP contribution is -2.31. The highest BCUT2D eigenvalue weighted by Gasteiger charge is 2.20. The molecule has 0 saturated carbocycles. The molecule has 2 rings (SSSR count). The highest BCUT2D eigenvalue weighted by molar-refractivity contribution is 7.89. The molecule has 0 unspecified atom stereocenters. The van der Waals surface area contributed by atoms with Crippen molar-refractivity contribution in [2.45, 2.75) is 11.8 Å². The normalized spacial score (nSPS) is 11.4. The zero-order valence-corrected chi connectivity index (χ0v) is 13.9. The van der Waals surface area contributed by atoms with Gasteiger partial charge in [0.05, 0.1) is 4.90 Å². The molecule has 0 fully saturated rings. The number of benzene rings is 2. The Labute approximate surface area is 136 Å². The summed E-state index contributed by atoms with van der Waals surface area (Å²) in [6.45, 7) is 1.92. The fourth-order valence-electron chi connectivity index (χ4n) is 1.97. The maximum absolute atomic E-state index is 12.4. The first-order chi connectivity index (χ1) is 10.9. The molecule has 2 aromatic rings. The minimum Gasteiger partial charge on any atom is -0.492 e. The predicted molar refractivity (Wildman–Crippen MR) is 88.2 cm³/mol. The van der Waals surface area contributed by atoms with Gasteiger partial charge in [-0.25, -0.2) is 8.42 Å². The summed E-state index contributed by atoms with van der Waals surface area (Å²) in [5.41, 5.74) is 0.485. The van der Waals surface area contributed by atoms with Crippen LogP contribution in [0.4, 0.5) is 0 Å². The molecule has 0 bridgehead atoms. The number of para-hydroxylation sites is 1. The quantitative estimate of drug-likeness (QED) is 0.731. The largest absolute Gasteiger partial charge is 0.492 e. The standard InChI is InChI=1S/C17H19NO4S/c1-14(19)15-8-10-17(11-9-15)23(20,21)18(2)12-13-22-16-6-4-3-5-7-16/h3-11H,12-13H2,1-2H3. The Balaban J connectivity index is 1.99. The van der Waals surface area contributed by atoms with E-state index in [-0.39, 0.29) is 23.8 Å². The lowest BCUT2D eigenvalue weighted by molar-refractivity contribution is 0.101. The van der Waals surface area contributed by atoms with Crippen LogP contribution in [-0.2, 0) is 10.0 Å². The van der Waals surface area contributed by atoms with Crippen molar-refractivity contribution in [3.8, 4) is 5.75 Å². The molecule has 0 radical (unpaired) electrons. The van der Waals surface area contributed by atoms with E-state index in [1.54, 1.807) is 0 Å². The number of rotatable bonds is 7. The number of likely N-dealkylation sites (N-methyl/N-ethyl adjacent to an activating group) is 1. The summed E-state index contributed by atoms with van der Waals surface area (Å²) in [4.78, 5) is 11.4. The van der Waals surface area contributed by atoms with Crippen LogP contribution in [-0.4, -0.2) is 38.7 Å². The molecule has 0 heterocycles. The van der Waals surface area contributed by atoms with Crippen LogP contribution >= 0.6 is 0 Å². The predicted octanol–water partition coefficient (Wildman–Crippen LogP) is 2.59. The van der Waals surface area contributed by atoms with E-state index in [2.05, 4.69) is 0 Å².